The van der Waals surface area contributed by atoms with Gasteiger partial charge in [0.2, 0.25) is 0 Å². The predicted molar refractivity (Wildman–Crippen MR) is 55.4 cm³/mol. The molecule has 1 unspecified atom stereocenters. The highest BCUT2D eigenvalue weighted by atomic mass is 32.2. The van der Waals surface area contributed by atoms with Crippen molar-refractivity contribution in [3.63, 3.8) is 0 Å². The molecule has 5 heteroatoms. The maximum atomic E-state index is 11.5. The van der Waals surface area contributed by atoms with E-state index in [0.717, 1.165) is 0 Å². The van der Waals surface area contributed by atoms with E-state index in [-0.39, 0.29) is 12.2 Å². The van der Waals surface area contributed by atoms with Crippen LogP contribution in [0, 0.1) is 11.3 Å². The van der Waals surface area contributed by atoms with Gasteiger partial charge in [-0.05, 0) is 5.56 Å². The monoisotopic (exact) mass is 225 g/mol. The zero-order chi connectivity index (χ0) is 11.3. The molecule has 80 valence electrons. The van der Waals surface area contributed by atoms with Crippen LogP contribution in [-0.4, -0.2) is 19.3 Å². The van der Waals surface area contributed by atoms with Gasteiger partial charge in [-0.1, -0.05) is 30.3 Å². The standard InChI is InChI=1S/C10H11NO3S/c11-7-4-8-15(13,14)10(12)9-5-2-1-3-6-9/h1-3,5-6,10,12H,4,8H2. The van der Waals surface area contributed by atoms with Crippen LogP contribution >= 0.6 is 0 Å². The van der Waals surface area contributed by atoms with Crippen LogP contribution in [0.25, 0.3) is 0 Å². The Morgan fingerprint density at radius 2 is 1.93 bits per heavy atom. The molecule has 1 N–H and O–H groups in total. The summed E-state index contributed by atoms with van der Waals surface area (Å²) < 4.78 is 23.0. The van der Waals surface area contributed by atoms with E-state index >= 15 is 0 Å². The second-order valence-corrected chi connectivity index (χ2v) is 5.22. The Hall–Kier alpha value is -1.38. The molecule has 0 saturated carbocycles. The van der Waals surface area contributed by atoms with Crippen LogP contribution in [-0.2, 0) is 9.84 Å². The molecule has 1 atom stereocenters. The molecular formula is C10H11NO3S. The van der Waals surface area contributed by atoms with Crippen molar-refractivity contribution in [1.29, 1.82) is 5.26 Å². The highest BCUT2D eigenvalue weighted by Gasteiger charge is 2.23. The molecule has 15 heavy (non-hydrogen) atoms. The summed E-state index contributed by atoms with van der Waals surface area (Å²) in [5, 5.41) is 17.9. The highest BCUT2D eigenvalue weighted by Crippen LogP contribution is 2.19. The van der Waals surface area contributed by atoms with Gasteiger partial charge in [-0.2, -0.15) is 5.26 Å². The van der Waals surface area contributed by atoms with Crippen LogP contribution < -0.4 is 0 Å². The van der Waals surface area contributed by atoms with Crippen LogP contribution in [0.5, 0.6) is 0 Å². The van der Waals surface area contributed by atoms with Crippen LogP contribution in [0.15, 0.2) is 30.3 Å². The maximum absolute atomic E-state index is 11.5. The summed E-state index contributed by atoms with van der Waals surface area (Å²) in [4.78, 5) is 0. The third kappa shape index (κ3) is 3.05. The molecule has 4 nitrogen and oxygen atoms in total. The number of aliphatic hydroxyl groups excluding tert-OH is 1. The number of rotatable bonds is 4. The number of hydrogen-bond donors (Lipinski definition) is 1. The third-order valence-corrected chi connectivity index (χ3v) is 3.65. The van der Waals surface area contributed by atoms with Gasteiger partial charge >= 0.3 is 0 Å². The second-order valence-electron chi connectivity index (χ2n) is 3.04. The summed E-state index contributed by atoms with van der Waals surface area (Å²) in [7, 11) is -3.64. The van der Waals surface area contributed by atoms with E-state index in [2.05, 4.69) is 0 Å². The molecule has 0 heterocycles. The fraction of sp³-hybridized carbons (Fsp3) is 0.300. The Labute approximate surface area is 88.7 Å². The first kappa shape index (κ1) is 11.7. The minimum Gasteiger partial charge on any atom is -0.373 e. The molecule has 1 aromatic rings. The largest absolute Gasteiger partial charge is 0.373 e. The molecule has 0 aliphatic heterocycles. The first-order valence-electron chi connectivity index (χ1n) is 4.39. The van der Waals surface area contributed by atoms with Crippen LogP contribution in [0.3, 0.4) is 0 Å². The van der Waals surface area contributed by atoms with Crippen molar-refractivity contribution in [3.8, 4) is 6.07 Å². The molecular weight excluding hydrogens is 214 g/mol. The van der Waals surface area contributed by atoms with Gasteiger partial charge in [-0.3, -0.25) is 0 Å². The molecule has 0 aliphatic carbocycles. The van der Waals surface area contributed by atoms with E-state index in [1.807, 2.05) is 0 Å². The third-order valence-electron chi connectivity index (χ3n) is 1.92. The first-order valence-corrected chi connectivity index (χ1v) is 6.11. The molecule has 0 bridgehead atoms. The fourth-order valence-electron chi connectivity index (χ4n) is 1.12. The van der Waals surface area contributed by atoms with Crippen LogP contribution in [0.4, 0.5) is 0 Å². The molecule has 0 aliphatic rings. The summed E-state index contributed by atoms with van der Waals surface area (Å²) >= 11 is 0. The smallest absolute Gasteiger partial charge is 0.182 e. The molecule has 1 aromatic carbocycles. The number of hydrogen-bond acceptors (Lipinski definition) is 4. The quantitative estimate of drug-likeness (QED) is 0.829. The Morgan fingerprint density at radius 3 is 2.47 bits per heavy atom. The topological polar surface area (TPSA) is 78.2 Å². The van der Waals surface area contributed by atoms with E-state index in [9.17, 15) is 13.5 Å². The lowest BCUT2D eigenvalue weighted by atomic mass is 10.2. The minimum atomic E-state index is -3.64. The van der Waals surface area contributed by atoms with E-state index in [4.69, 9.17) is 5.26 Å². The molecule has 0 aromatic heterocycles. The maximum Gasteiger partial charge on any atom is 0.182 e. The summed E-state index contributed by atoms with van der Waals surface area (Å²) in [6.07, 6.45) is -0.105. The van der Waals surface area contributed by atoms with Crippen LogP contribution in [0.2, 0.25) is 0 Å². The number of nitriles is 1. The lowest BCUT2D eigenvalue weighted by Gasteiger charge is -2.10. The van der Waals surface area contributed by atoms with Crippen molar-refractivity contribution in [2.75, 3.05) is 5.75 Å². The zero-order valence-corrected chi connectivity index (χ0v) is 8.81. The number of nitrogens with zero attached hydrogens (tertiary/aromatic N) is 1. The summed E-state index contributed by atoms with van der Waals surface area (Å²) in [5.74, 6) is -0.320. The lowest BCUT2D eigenvalue weighted by Crippen LogP contribution is -2.16. The van der Waals surface area contributed by atoms with E-state index in [1.54, 1.807) is 24.3 Å². The molecule has 0 spiro atoms. The number of benzene rings is 1. The minimum absolute atomic E-state index is 0.105. The normalized spacial score (nSPS) is 13.1. The Morgan fingerprint density at radius 1 is 1.33 bits per heavy atom. The second kappa shape index (κ2) is 4.91. The van der Waals surface area contributed by atoms with Gasteiger partial charge in [0.05, 0.1) is 11.8 Å². The predicted octanol–water partition coefficient (Wildman–Crippen LogP) is 1.01. The highest BCUT2D eigenvalue weighted by molar-refractivity contribution is 7.91. The summed E-state index contributed by atoms with van der Waals surface area (Å²) in [5.41, 5.74) is -1.21. The summed E-state index contributed by atoms with van der Waals surface area (Å²) in [6, 6.07) is 9.85. The van der Waals surface area contributed by atoms with Crippen molar-refractivity contribution >= 4 is 9.84 Å². The van der Waals surface area contributed by atoms with Gasteiger partial charge in [0.15, 0.2) is 15.3 Å². The van der Waals surface area contributed by atoms with Crippen molar-refractivity contribution in [1.82, 2.24) is 0 Å². The van der Waals surface area contributed by atoms with Gasteiger partial charge in [-0.25, -0.2) is 8.42 Å². The fourth-order valence-corrected chi connectivity index (χ4v) is 2.30. The van der Waals surface area contributed by atoms with E-state index in [0.29, 0.717) is 5.56 Å². The molecule has 0 fully saturated rings. The average Bonchev–Trinajstić information content (AvgIpc) is 2.26. The van der Waals surface area contributed by atoms with Crippen molar-refractivity contribution < 1.29 is 13.5 Å². The number of aliphatic hydroxyl groups is 1. The Bertz CT molecular complexity index is 447. The van der Waals surface area contributed by atoms with Gasteiger partial charge in [0.25, 0.3) is 0 Å². The molecule has 1 rings (SSSR count). The molecule has 0 saturated heterocycles. The van der Waals surface area contributed by atoms with Gasteiger partial charge in [0.1, 0.15) is 0 Å². The van der Waals surface area contributed by atoms with Gasteiger partial charge in [0, 0.05) is 6.42 Å². The van der Waals surface area contributed by atoms with Gasteiger partial charge < -0.3 is 5.11 Å². The van der Waals surface area contributed by atoms with Crippen molar-refractivity contribution in [3.05, 3.63) is 35.9 Å². The van der Waals surface area contributed by atoms with Crippen molar-refractivity contribution in [2.24, 2.45) is 0 Å². The lowest BCUT2D eigenvalue weighted by molar-refractivity contribution is 0.254. The molecule has 0 amide bonds. The molecule has 0 radical (unpaired) electrons. The Balaban J connectivity index is 2.86. The van der Waals surface area contributed by atoms with E-state index < -0.39 is 15.3 Å². The zero-order valence-electron chi connectivity index (χ0n) is 8.00. The van der Waals surface area contributed by atoms with Crippen molar-refractivity contribution in [2.45, 2.75) is 11.9 Å². The number of sulfone groups is 1. The van der Waals surface area contributed by atoms with E-state index in [1.165, 1.54) is 12.1 Å². The first-order chi connectivity index (χ1) is 7.08. The van der Waals surface area contributed by atoms with Gasteiger partial charge in [-0.15, -0.1) is 0 Å². The Kier molecular flexibility index (Phi) is 3.83. The average molecular weight is 225 g/mol. The van der Waals surface area contributed by atoms with Crippen LogP contribution in [0.1, 0.15) is 17.4 Å². The summed E-state index contributed by atoms with van der Waals surface area (Å²) in [6.45, 7) is 0. The SMILES string of the molecule is N#CCCS(=O)(=O)C(O)c1ccccc1.